The van der Waals surface area contributed by atoms with E-state index in [2.05, 4.69) is 6.92 Å². The molecular formula is C53H83NO14. The smallest absolute Gasteiger partial charge is 0.326 e. The maximum atomic E-state index is 13.6. The van der Waals surface area contributed by atoms with Gasteiger partial charge in [-0.05, 0) is 113 Å². The summed E-state index contributed by atoms with van der Waals surface area (Å²) >= 11 is 0. The number of aliphatic carboxylic acids is 1. The minimum atomic E-state index is -2.38. The number of ether oxygens (including phenoxy) is 5. The summed E-state index contributed by atoms with van der Waals surface area (Å²) in [7, 11) is 4.64. The SMILES string of the molecule is CO[C@@H](C[C@@H]1CC[C@@H](C)[C@](O)(C(=O)C(=O)N2CCCC[C@H]2C(=O)O)O1)/C(C)=C/C=C/C=C/[C@@H](C)C[C@@H](C)C(=O)[C@H](OC)[C@H](O)/C(C)=C/[C@@H](C)C(=O)/C=C/[C@H](C)C[C@@H]1CC[C@@H](OCCO)[C@H](OC)C1. The molecule has 1 amide bonds. The van der Waals surface area contributed by atoms with Gasteiger partial charge in [0.05, 0.1) is 37.6 Å². The minimum Gasteiger partial charge on any atom is -0.480 e. The lowest BCUT2D eigenvalue weighted by Crippen LogP contribution is -2.60. The Labute approximate surface area is 405 Å². The first-order valence-electron chi connectivity index (χ1n) is 24.7. The van der Waals surface area contributed by atoms with Crippen LogP contribution in [0.25, 0.3) is 0 Å². The first-order chi connectivity index (χ1) is 32.2. The monoisotopic (exact) mass is 958 g/mol. The van der Waals surface area contributed by atoms with Gasteiger partial charge in [-0.2, -0.15) is 0 Å². The van der Waals surface area contributed by atoms with E-state index in [4.69, 9.17) is 28.8 Å². The molecule has 15 heteroatoms. The van der Waals surface area contributed by atoms with E-state index in [0.717, 1.165) is 36.2 Å². The molecular weight excluding hydrogens is 875 g/mol. The van der Waals surface area contributed by atoms with Gasteiger partial charge in [-0.1, -0.05) is 77.2 Å². The normalized spacial score (nSPS) is 28.6. The van der Waals surface area contributed by atoms with Crippen LogP contribution in [0.3, 0.4) is 0 Å². The summed E-state index contributed by atoms with van der Waals surface area (Å²) in [6.45, 7) is 13.3. The number of likely N-dealkylation sites (tertiary alicyclic amines) is 1. The first-order valence-corrected chi connectivity index (χ1v) is 24.7. The molecule has 0 radical (unpaired) electrons. The molecule has 2 aliphatic heterocycles. The summed E-state index contributed by atoms with van der Waals surface area (Å²) in [5, 5.41) is 41.5. The van der Waals surface area contributed by atoms with E-state index in [-0.39, 0.29) is 55.2 Å². The average Bonchev–Trinajstić information content (AvgIpc) is 3.32. The molecule has 2 heterocycles. The van der Waals surface area contributed by atoms with Crippen molar-refractivity contribution >= 4 is 29.2 Å². The van der Waals surface area contributed by atoms with Gasteiger partial charge in [0.1, 0.15) is 18.2 Å². The van der Waals surface area contributed by atoms with Crippen molar-refractivity contribution in [2.45, 2.75) is 168 Å². The molecule has 3 fully saturated rings. The third-order valence-corrected chi connectivity index (χ3v) is 14.1. The van der Waals surface area contributed by atoms with Crippen LogP contribution in [-0.4, -0.2) is 144 Å². The van der Waals surface area contributed by atoms with Gasteiger partial charge >= 0.3 is 5.97 Å². The Hall–Kier alpha value is -3.67. The number of aliphatic hydroxyl groups is 3. The van der Waals surface area contributed by atoms with Crippen LogP contribution in [0.5, 0.6) is 0 Å². The number of rotatable bonds is 27. The molecule has 1 saturated carbocycles. The van der Waals surface area contributed by atoms with Gasteiger partial charge in [0.15, 0.2) is 11.6 Å². The van der Waals surface area contributed by atoms with Crippen molar-refractivity contribution in [1.29, 1.82) is 0 Å². The molecule has 15 nitrogen and oxygen atoms in total. The Morgan fingerprint density at radius 1 is 0.853 bits per heavy atom. The zero-order chi connectivity index (χ0) is 50.7. The maximum Gasteiger partial charge on any atom is 0.326 e. The fourth-order valence-electron chi connectivity index (χ4n) is 9.86. The van der Waals surface area contributed by atoms with Crippen LogP contribution >= 0.6 is 0 Å². The number of hydrogen-bond donors (Lipinski definition) is 4. The number of ketones is 3. The standard InChI is InChI=1S/C53H83NO14/c1-33(16-12-11-13-17-35(3)45(64-8)32-41-22-20-39(7)53(63,68-41)50(59)51(60)54-25-15-14-18-42(54)52(61)62)28-37(5)47(57)49(66-10)48(58)38(6)30-36(4)43(56)23-19-34(2)29-40-21-24-44(67-27-26-55)46(31-40)65-9/h11-13,16-17,19,23,30,33-34,36-37,39-42,44-46,48-49,55,58,63H,14-15,18,20-22,24-29,31-32H2,1-10H3,(H,61,62)/b13-11+,16-12+,23-19+,35-17+,38-30+/t33-,34+,36-,37-,39-,40+,41+,42+,44-,45+,46-,48-,49+,53-/m1/s1. The Bertz CT molecular complexity index is 1810. The van der Waals surface area contributed by atoms with Crippen LogP contribution < -0.4 is 0 Å². The van der Waals surface area contributed by atoms with E-state index in [0.29, 0.717) is 56.6 Å². The number of aliphatic hydroxyl groups excluding tert-OH is 2. The topological polar surface area (TPSA) is 216 Å². The van der Waals surface area contributed by atoms with Crippen LogP contribution in [0.15, 0.2) is 59.8 Å². The third-order valence-electron chi connectivity index (χ3n) is 14.1. The van der Waals surface area contributed by atoms with Crippen LogP contribution in [0.4, 0.5) is 0 Å². The van der Waals surface area contributed by atoms with E-state index in [1.807, 2.05) is 57.2 Å². The van der Waals surface area contributed by atoms with Crippen molar-refractivity contribution in [3.05, 3.63) is 59.8 Å². The van der Waals surface area contributed by atoms with Crippen LogP contribution in [0, 0.1) is 35.5 Å². The van der Waals surface area contributed by atoms with Gasteiger partial charge < -0.3 is 49.0 Å². The molecule has 0 unspecified atom stereocenters. The second kappa shape index (κ2) is 28.9. The number of piperidine rings is 1. The first kappa shape index (κ1) is 58.6. The lowest BCUT2D eigenvalue weighted by molar-refractivity contribution is -0.265. The van der Waals surface area contributed by atoms with Crippen molar-refractivity contribution in [3.63, 3.8) is 0 Å². The summed E-state index contributed by atoms with van der Waals surface area (Å²) in [6, 6.07) is -1.12. The zero-order valence-corrected chi connectivity index (χ0v) is 42.3. The largest absolute Gasteiger partial charge is 0.480 e. The van der Waals surface area contributed by atoms with Crippen molar-refractivity contribution in [1.82, 2.24) is 4.90 Å². The fourth-order valence-corrected chi connectivity index (χ4v) is 9.86. The zero-order valence-electron chi connectivity index (χ0n) is 42.3. The molecule has 0 aromatic heterocycles. The summed E-state index contributed by atoms with van der Waals surface area (Å²) in [5.41, 5.74) is 1.35. The summed E-state index contributed by atoms with van der Waals surface area (Å²) in [5.74, 6) is -7.06. The number of carboxylic acid groups (broad SMARTS) is 1. The number of Topliss-reactive ketones (excluding diaryl/α,β-unsaturated/α-hetero) is 2. The van der Waals surface area contributed by atoms with Crippen LogP contribution in [0.1, 0.15) is 119 Å². The lowest BCUT2D eigenvalue weighted by atomic mass is 9.80. The molecule has 384 valence electrons. The van der Waals surface area contributed by atoms with E-state index >= 15 is 0 Å². The molecule has 1 aliphatic carbocycles. The fraction of sp³-hybridized carbons (Fsp3) is 0.717. The summed E-state index contributed by atoms with van der Waals surface area (Å²) in [4.78, 5) is 66.2. The number of carbonyl (C=O) groups excluding carboxylic acids is 4. The summed E-state index contributed by atoms with van der Waals surface area (Å²) < 4.78 is 28.7. The Morgan fingerprint density at radius 3 is 2.22 bits per heavy atom. The van der Waals surface area contributed by atoms with Gasteiger partial charge in [-0.15, -0.1) is 0 Å². The number of carbonyl (C=O) groups is 5. The highest BCUT2D eigenvalue weighted by molar-refractivity contribution is 6.39. The molecule has 68 heavy (non-hydrogen) atoms. The van der Waals surface area contributed by atoms with Gasteiger partial charge in [0.2, 0.25) is 5.79 Å². The molecule has 0 bridgehead atoms. The van der Waals surface area contributed by atoms with E-state index in [9.17, 15) is 39.3 Å². The molecule has 3 rings (SSSR count). The number of hydrogen-bond acceptors (Lipinski definition) is 13. The van der Waals surface area contributed by atoms with Gasteiger partial charge in [-0.3, -0.25) is 19.2 Å². The number of nitrogens with zero attached hydrogens (tertiary/aromatic N) is 1. The predicted molar refractivity (Wildman–Crippen MR) is 258 cm³/mol. The molecule has 3 aliphatic rings. The van der Waals surface area contributed by atoms with Gasteiger partial charge in [0, 0.05) is 52.0 Å². The third kappa shape index (κ3) is 17.0. The van der Waals surface area contributed by atoms with Crippen molar-refractivity contribution < 1.29 is 68.1 Å². The Kier molecular flexibility index (Phi) is 24.9. The highest BCUT2D eigenvalue weighted by Gasteiger charge is 2.52. The Morgan fingerprint density at radius 2 is 1.57 bits per heavy atom. The molecule has 14 atom stereocenters. The molecule has 2 saturated heterocycles. The number of allylic oxidation sites excluding steroid dienone is 8. The van der Waals surface area contributed by atoms with Crippen molar-refractivity contribution in [3.8, 4) is 0 Å². The van der Waals surface area contributed by atoms with Crippen LogP contribution in [-0.2, 0) is 47.7 Å². The molecule has 0 aromatic rings. The number of carboxylic acids is 1. The van der Waals surface area contributed by atoms with Crippen molar-refractivity contribution in [2.24, 2.45) is 35.5 Å². The average molecular weight is 958 g/mol. The number of methoxy groups -OCH3 is 3. The predicted octanol–water partition coefficient (Wildman–Crippen LogP) is 6.52. The van der Waals surface area contributed by atoms with Gasteiger partial charge in [0.25, 0.3) is 11.7 Å². The minimum absolute atomic E-state index is 0.0138. The van der Waals surface area contributed by atoms with Crippen LogP contribution in [0.2, 0.25) is 0 Å². The van der Waals surface area contributed by atoms with Gasteiger partial charge in [-0.25, -0.2) is 4.79 Å². The van der Waals surface area contributed by atoms with Crippen molar-refractivity contribution in [2.75, 3.05) is 41.1 Å². The second-order valence-corrected chi connectivity index (χ2v) is 19.6. The van der Waals surface area contributed by atoms with E-state index < -0.39 is 71.7 Å². The maximum absolute atomic E-state index is 13.6. The summed E-state index contributed by atoms with van der Waals surface area (Å²) in [6.07, 6.45) is 18.2. The van der Waals surface area contributed by atoms with E-state index in [1.54, 1.807) is 47.1 Å². The van der Waals surface area contributed by atoms with E-state index in [1.165, 1.54) is 7.11 Å². The second-order valence-electron chi connectivity index (χ2n) is 19.6. The lowest BCUT2D eigenvalue weighted by Gasteiger charge is -2.42. The molecule has 4 N–H and O–H groups in total. The number of amides is 1. The molecule has 0 aromatic carbocycles. The highest BCUT2D eigenvalue weighted by Crippen LogP contribution is 2.37. The highest BCUT2D eigenvalue weighted by atomic mass is 16.6. The Balaban J connectivity index is 1.50. The molecule has 0 spiro atoms. The quantitative estimate of drug-likeness (QED) is 0.0299.